The quantitative estimate of drug-likeness (QED) is 0.262. The molecule has 5 rings (SSSR count). The molecule has 0 saturated heterocycles. The van der Waals surface area contributed by atoms with Gasteiger partial charge in [0.1, 0.15) is 5.82 Å². The fourth-order valence-electron chi connectivity index (χ4n) is 3.89. The van der Waals surface area contributed by atoms with Crippen molar-refractivity contribution in [3.8, 4) is 11.4 Å². The first kappa shape index (κ1) is 20.2. The number of imidazole rings is 1. The lowest BCUT2D eigenvalue weighted by Gasteiger charge is -2.15. The highest BCUT2D eigenvalue weighted by Crippen LogP contribution is 2.39. The number of nitro benzene ring substituents is 1. The highest BCUT2D eigenvalue weighted by Gasteiger charge is 2.30. The van der Waals surface area contributed by atoms with Crippen LogP contribution in [0.2, 0.25) is 0 Å². The Morgan fingerprint density at radius 2 is 1.82 bits per heavy atom. The molecule has 162 valence electrons. The van der Waals surface area contributed by atoms with Gasteiger partial charge in [0.05, 0.1) is 16.2 Å². The fourth-order valence-corrected chi connectivity index (χ4v) is 3.89. The Morgan fingerprint density at radius 3 is 2.48 bits per heavy atom. The number of aryl methyl sites for hydroxylation is 1. The van der Waals surface area contributed by atoms with Gasteiger partial charge in [-0.1, -0.05) is 30.3 Å². The first-order chi connectivity index (χ1) is 16.0. The number of nitrogens with zero attached hydrogens (tertiary/aromatic N) is 3. The monoisotopic (exact) mass is 437 g/mol. The third-order valence-electron chi connectivity index (χ3n) is 5.50. The van der Waals surface area contributed by atoms with Gasteiger partial charge >= 0.3 is 0 Å². The third kappa shape index (κ3) is 3.74. The van der Waals surface area contributed by atoms with Gasteiger partial charge in [0.25, 0.3) is 11.6 Å². The lowest BCUT2D eigenvalue weighted by atomic mass is 9.99. The zero-order chi connectivity index (χ0) is 22.9. The van der Waals surface area contributed by atoms with E-state index >= 15 is 0 Å². The van der Waals surface area contributed by atoms with E-state index in [1.54, 1.807) is 12.3 Å². The number of non-ortho nitro benzene ring substituents is 1. The molecule has 0 spiro atoms. The smallest absolute Gasteiger partial charge is 0.270 e. The molecule has 4 aromatic rings. The van der Waals surface area contributed by atoms with Gasteiger partial charge < -0.3 is 15.2 Å². The van der Waals surface area contributed by atoms with Crippen molar-refractivity contribution in [2.24, 2.45) is 7.05 Å². The number of aromatic nitrogens is 2. The van der Waals surface area contributed by atoms with Crippen LogP contribution in [0.3, 0.4) is 0 Å². The van der Waals surface area contributed by atoms with Crippen molar-refractivity contribution < 1.29 is 9.72 Å². The van der Waals surface area contributed by atoms with Crippen LogP contribution >= 0.6 is 0 Å². The zero-order valence-electron chi connectivity index (χ0n) is 17.6. The van der Waals surface area contributed by atoms with Gasteiger partial charge in [0, 0.05) is 54.1 Å². The average Bonchev–Trinajstić information content (AvgIpc) is 3.40. The minimum absolute atomic E-state index is 0.0745. The van der Waals surface area contributed by atoms with Gasteiger partial charge in [0.2, 0.25) is 0 Å². The summed E-state index contributed by atoms with van der Waals surface area (Å²) >= 11 is 0. The van der Waals surface area contributed by atoms with Crippen LogP contribution in [0.5, 0.6) is 0 Å². The molecule has 3 aromatic carbocycles. The van der Waals surface area contributed by atoms with Crippen LogP contribution in [0.4, 0.5) is 17.1 Å². The number of nitro groups is 1. The van der Waals surface area contributed by atoms with E-state index in [4.69, 9.17) is 0 Å². The lowest BCUT2D eigenvalue weighted by Crippen LogP contribution is -2.10. The van der Waals surface area contributed by atoms with Crippen molar-refractivity contribution in [3.05, 3.63) is 106 Å². The van der Waals surface area contributed by atoms with Crippen LogP contribution in [-0.2, 0) is 11.8 Å². The molecule has 8 heteroatoms. The summed E-state index contributed by atoms with van der Waals surface area (Å²) in [5.74, 6) is 0.529. The molecular weight excluding hydrogens is 418 g/mol. The number of anilines is 2. The van der Waals surface area contributed by atoms with Crippen LogP contribution in [0.15, 0.2) is 85.2 Å². The summed E-state index contributed by atoms with van der Waals surface area (Å²) in [4.78, 5) is 28.2. The molecule has 0 fully saturated rings. The minimum atomic E-state index is -0.466. The van der Waals surface area contributed by atoms with Crippen LogP contribution in [0.1, 0.15) is 11.1 Å². The first-order valence-corrected chi connectivity index (χ1v) is 10.3. The molecule has 2 N–H and O–H groups in total. The lowest BCUT2D eigenvalue weighted by molar-refractivity contribution is -0.384. The number of carbonyl (C=O) groups excluding carboxylic acids is 1. The van der Waals surface area contributed by atoms with Crippen molar-refractivity contribution in [2.45, 2.75) is 0 Å². The van der Waals surface area contributed by atoms with Crippen LogP contribution in [0, 0.1) is 10.1 Å². The Bertz CT molecular complexity index is 1410. The summed E-state index contributed by atoms with van der Waals surface area (Å²) < 4.78 is 1.94. The van der Waals surface area contributed by atoms with Gasteiger partial charge in [-0.15, -0.1) is 0 Å². The number of hydrogen-bond donors (Lipinski definition) is 2. The van der Waals surface area contributed by atoms with E-state index in [2.05, 4.69) is 15.6 Å². The van der Waals surface area contributed by atoms with Gasteiger partial charge in [-0.3, -0.25) is 14.9 Å². The Kier molecular flexibility index (Phi) is 4.95. The topological polar surface area (TPSA) is 102 Å². The Balaban J connectivity index is 1.61. The first-order valence-electron chi connectivity index (χ1n) is 10.3. The summed E-state index contributed by atoms with van der Waals surface area (Å²) in [6.45, 7) is 0. The Labute approximate surface area is 189 Å². The number of amides is 1. The molecule has 0 unspecified atom stereocenters. The summed E-state index contributed by atoms with van der Waals surface area (Å²) in [6.07, 6.45) is 3.63. The Morgan fingerprint density at radius 1 is 1.06 bits per heavy atom. The molecular formula is C25H19N5O3. The summed E-state index contributed by atoms with van der Waals surface area (Å²) in [7, 11) is 1.93. The van der Waals surface area contributed by atoms with Crippen LogP contribution in [-0.4, -0.2) is 20.4 Å². The van der Waals surface area contributed by atoms with E-state index in [0.717, 1.165) is 22.6 Å². The normalized spacial score (nSPS) is 13.9. The highest BCUT2D eigenvalue weighted by molar-refractivity contribution is 6.37. The second-order valence-corrected chi connectivity index (χ2v) is 7.62. The van der Waals surface area contributed by atoms with Crippen molar-refractivity contribution >= 4 is 34.2 Å². The maximum atomic E-state index is 13.0. The van der Waals surface area contributed by atoms with Crippen LogP contribution in [0.25, 0.3) is 22.7 Å². The van der Waals surface area contributed by atoms with Crippen molar-refractivity contribution in [1.29, 1.82) is 0 Å². The molecule has 8 nitrogen and oxygen atoms in total. The number of rotatable bonds is 5. The fraction of sp³-hybridized carbons (Fsp3) is 0.0400. The number of hydrogen-bond acceptors (Lipinski definition) is 5. The molecule has 0 bridgehead atoms. The maximum Gasteiger partial charge on any atom is 0.270 e. The van der Waals surface area contributed by atoms with Gasteiger partial charge in [0.15, 0.2) is 0 Å². The van der Waals surface area contributed by atoms with Gasteiger partial charge in [-0.2, -0.15) is 0 Å². The molecule has 0 atom stereocenters. The molecule has 1 aliphatic heterocycles. The molecule has 0 radical (unpaired) electrons. The highest BCUT2D eigenvalue weighted by atomic mass is 16.6. The maximum absolute atomic E-state index is 13.0. The van der Waals surface area contributed by atoms with E-state index < -0.39 is 4.92 Å². The largest absolute Gasteiger partial charge is 0.354 e. The zero-order valence-corrected chi connectivity index (χ0v) is 17.6. The predicted molar refractivity (Wildman–Crippen MR) is 127 cm³/mol. The van der Waals surface area contributed by atoms with Gasteiger partial charge in [-0.25, -0.2) is 4.98 Å². The Hall–Kier alpha value is -4.72. The summed E-state index contributed by atoms with van der Waals surface area (Å²) in [5, 5.41) is 17.5. The van der Waals surface area contributed by atoms with Crippen molar-refractivity contribution in [3.63, 3.8) is 0 Å². The number of nitrogens with one attached hydrogen (secondary N) is 2. The second kappa shape index (κ2) is 8.08. The summed E-state index contributed by atoms with van der Waals surface area (Å²) in [5.41, 5.74) is 4.40. The predicted octanol–water partition coefficient (Wildman–Crippen LogP) is 4.93. The molecule has 1 aliphatic rings. The molecule has 1 amide bonds. The average molecular weight is 437 g/mol. The SMILES string of the molecule is Cn1ccnc1-c1ccc(NC(=C2C(=O)Nc3ccc([N+](=O)[O-])cc32)c2ccccc2)cc1. The molecule has 1 aromatic heterocycles. The molecule has 0 saturated carbocycles. The standard InChI is InChI=1S/C25H19N5O3/c1-29-14-13-26-24(29)17-7-9-18(10-8-17)27-23(16-5-3-2-4-6-16)22-20-15-19(30(32)33)11-12-21(20)28-25(22)31/h2-15,27H,1H3,(H,28,31). The van der Waals surface area contributed by atoms with Crippen LogP contribution < -0.4 is 10.6 Å². The molecule has 33 heavy (non-hydrogen) atoms. The van der Waals surface area contributed by atoms with Gasteiger partial charge in [-0.05, 0) is 35.9 Å². The third-order valence-corrected chi connectivity index (χ3v) is 5.50. The molecule has 2 heterocycles. The van der Waals surface area contributed by atoms with E-state index in [1.165, 1.54) is 12.1 Å². The second-order valence-electron chi connectivity index (χ2n) is 7.62. The van der Waals surface area contributed by atoms with E-state index in [1.807, 2.05) is 72.4 Å². The number of carbonyl (C=O) groups is 1. The van der Waals surface area contributed by atoms with E-state index in [0.29, 0.717) is 22.5 Å². The number of benzene rings is 3. The van der Waals surface area contributed by atoms with Crippen molar-refractivity contribution in [1.82, 2.24) is 9.55 Å². The van der Waals surface area contributed by atoms with Crippen molar-refractivity contribution in [2.75, 3.05) is 10.6 Å². The number of fused-ring (bicyclic) bond motifs is 1. The van der Waals surface area contributed by atoms with E-state index in [9.17, 15) is 14.9 Å². The molecule has 0 aliphatic carbocycles. The van der Waals surface area contributed by atoms with E-state index in [-0.39, 0.29) is 11.6 Å². The summed E-state index contributed by atoms with van der Waals surface area (Å²) in [6, 6.07) is 21.5. The minimum Gasteiger partial charge on any atom is -0.354 e.